The van der Waals surface area contributed by atoms with Crippen molar-refractivity contribution in [3.63, 3.8) is 0 Å². The zero-order chi connectivity index (χ0) is 18.4. The van der Waals surface area contributed by atoms with E-state index in [9.17, 15) is 14.7 Å². The van der Waals surface area contributed by atoms with E-state index in [1.165, 1.54) is 0 Å². The van der Waals surface area contributed by atoms with Crippen molar-refractivity contribution in [2.24, 2.45) is 0 Å². The van der Waals surface area contributed by atoms with Crippen LogP contribution < -0.4 is 15.3 Å². The van der Waals surface area contributed by atoms with Crippen LogP contribution in [0.2, 0.25) is 0 Å². The summed E-state index contributed by atoms with van der Waals surface area (Å²) in [6, 6.07) is 13.5. The molecule has 0 spiro atoms. The highest BCUT2D eigenvalue weighted by Gasteiger charge is 2.21. The van der Waals surface area contributed by atoms with Gasteiger partial charge in [0.25, 0.3) is 0 Å². The molecule has 26 heavy (non-hydrogen) atoms. The lowest BCUT2D eigenvalue weighted by atomic mass is 10.2. The predicted molar refractivity (Wildman–Crippen MR) is 94.8 cm³/mol. The smallest absolute Gasteiger partial charge is 0.223 e. The van der Waals surface area contributed by atoms with Gasteiger partial charge in [-0.15, -0.1) is 10.2 Å². The number of piperazine rings is 1. The van der Waals surface area contributed by atoms with E-state index >= 15 is 0 Å². The number of nitrogens with zero attached hydrogens (tertiary/aromatic N) is 4. The molecule has 0 unspecified atom stereocenters. The van der Waals surface area contributed by atoms with Crippen LogP contribution in [0, 0.1) is 0 Å². The lowest BCUT2D eigenvalue weighted by Gasteiger charge is -2.35. The highest BCUT2D eigenvalue weighted by molar-refractivity contribution is 5.80. The van der Waals surface area contributed by atoms with Gasteiger partial charge in [0.15, 0.2) is 11.6 Å². The highest BCUT2D eigenvalue weighted by atomic mass is 16.4. The number of carbonyl (C=O) groups excluding carboxylic acids is 2. The minimum Gasteiger partial charge on any atom is -0.550 e. The summed E-state index contributed by atoms with van der Waals surface area (Å²) in [4.78, 5) is 26.1. The van der Waals surface area contributed by atoms with Gasteiger partial charge in [-0.2, -0.15) is 0 Å². The Hall–Kier alpha value is -3.16. The number of hydrogen-bond donors (Lipinski definition) is 1. The normalized spacial score (nSPS) is 14.2. The second kappa shape index (κ2) is 8.28. The number of anilines is 3. The number of amides is 1. The summed E-state index contributed by atoms with van der Waals surface area (Å²) in [5.41, 5.74) is 0.943. The molecule has 0 aliphatic carbocycles. The van der Waals surface area contributed by atoms with E-state index in [-0.39, 0.29) is 18.7 Å². The van der Waals surface area contributed by atoms with E-state index in [1.807, 2.05) is 42.5 Å². The van der Waals surface area contributed by atoms with Gasteiger partial charge in [-0.3, -0.25) is 4.79 Å². The molecule has 1 aliphatic heterocycles. The molecule has 1 saturated heterocycles. The highest BCUT2D eigenvalue weighted by Crippen LogP contribution is 2.17. The fraction of sp³-hybridized carbons (Fsp3) is 0.333. The van der Waals surface area contributed by atoms with Gasteiger partial charge in [0, 0.05) is 44.3 Å². The van der Waals surface area contributed by atoms with Crippen molar-refractivity contribution in [3.8, 4) is 0 Å². The molecule has 0 radical (unpaired) electrons. The van der Waals surface area contributed by atoms with Crippen molar-refractivity contribution >= 4 is 29.2 Å². The number of benzene rings is 1. The molecule has 1 aromatic carbocycles. The molecule has 8 heteroatoms. The zero-order valence-corrected chi connectivity index (χ0v) is 14.3. The van der Waals surface area contributed by atoms with Crippen LogP contribution in [0.5, 0.6) is 0 Å². The van der Waals surface area contributed by atoms with Crippen LogP contribution in [0.1, 0.15) is 12.8 Å². The number of carboxylic acids is 1. The summed E-state index contributed by atoms with van der Waals surface area (Å²) in [5, 5.41) is 22.1. The van der Waals surface area contributed by atoms with Crippen LogP contribution in [0.3, 0.4) is 0 Å². The Balaban J connectivity index is 1.51. The largest absolute Gasteiger partial charge is 0.550 e. The second-order valence-electron chi connectivity index (χ2n) is 6.01. The molecule has 3 rings (SSSR count). The fourth-order valence-corrected chi connectivity index (χ4v) is 2.78. The van der Waals surface area contributed by atoms with E-state index in [1.54, 1.807) is 4.90 Å². The first-order valence-corrected chi connectivity index (χ1v) is 8.50. The standard InChI is InChI=1S/C18H21N5O3/c24-17(8-9-18(25)26)23-12-10-22(11-13-23)16-7-6-15(20-21-16)19-14-4-2-1-3-5-14/h1-7H,8-13H2,(H,19,20)(H,25,26)/p-1. The van der Waals surface area contributed by atoms with Gasteiger partial charge in [-0.1, -0.05) is 18.2 Å². The van der Waals surface area contributed by atoms with Gasteiger partial charge >= 0.3 is 0 Å². The average molecular weight is 354 g/mol. The molecule has 136 valence electrons. The number of nitrogens with one attached hydrogen (secondary N) is 1. The molecule has 0 atom stereocenters. The van der Waals surface area contributed by atoms with Crippen LogP contribution in [-0.4, -0.2) is 53.2 Å². The molecule has 1 N–H and O–H groups in total. The van der Waals surface area contributed by atoms with Gasteiger partial charge in [-0.05, 0) is 30.7 Å². The van der Waals surface area contributed by atoms with Gasteiger partial charge < -0.3 is 25.0 Å². The quantitative estimate of drug-likeness (QED) is 0.801. The van der Waals surface area contributed by atoms with Crippen molar-refractivity contribution < 1.29 is 14.7 Å². The van der Waals surface area contributed by atoms with Gasteiger partial charge in [-0.25, -0.2) is 0 Å². The molecule has 0 saturated carbocycles. The number of carbonyl (C=O) groups is 2. The number of rotatable bonds is 6. The number of aliphatic carboxylic acids is 1. The van der Waals surface area contributed by atoms with Crippen LogP contribution >= 0.6 is 0 Å². The first-order valence-electron chi connectivity index (χ1n) is 8.50. The van der Waals surface area contributed by atoms with Crippen LogP contribution in [0.25, 0.3) is 0 Å². The first-order chi connectivity index (χ1) is 12.6. The van der Waals surface area contributed by atoms with Gasteiger partial charge in [0.1, 0.15) is 0 Å². The van der Waals surface area contributed by atoms with Gasteiger partial charge in [0.05, 0.1) is 0 Å². The van der Waals surface area contributed by atoms with Crippen molar-refractivity contribution in [1.82, 2.24) is 15.1 Å². The lowest BCUT2D eigenvalue weighted by molar-refractivity contribution is -0.305. The minimum absolute atomic E-state index is 0.0119. The van der Waals surface area contributed by atoms with Crippen LogP contribution in [0.15, 0.2) is 42.5 Å². The molecule has 2 heterocycles. The van der Waals surface area contributed by atoms with E-state index in [0.717, 1.165) is 11.5 Å². The molecule has 1 aromatic heterocycles. The number of para-hydroxylation sites is 1. The second-order valence-corrected chi connectivity index (χ2v) is 6.01. The third kappa shape index (κ3) is 4.69. The lowest BCUT2D eigenvalue weighted by Crippen LogP contribution is -2.49. The third-order valence-corrected chi connectivity index (χ3v) is 4.20. The summed E-state index contributed by atoms with van der Waals surface area (Å²) in [6.45, 7) is 2.35. The fourth-order valence-electron chi connectivity index (χ4n) is 2.78. The predicted octanol–water partition coefficient (Wildman–Crippen LogP) is 0.399. The Kier molecular flexibility index (Phi) is 5.62. The molecular formula is C18H20N5O3-. The third-order valence-electron chi connectivity index (χ3n) is 4.20. The van der Waals surface area contributed by atoms with Crippen LogP contribution in [0.4, 0.5) is 17.3 Å². The van der Waals surface area contributed by atoms with E-state index in [2.05, 4.69) is 20.4 Å². The summed E-state index contributed by atoms with van der Waals surface area (Å²) in [7, 11) is 0. The molecule has 0 bridgehead atoms. The Labute approximate surface area is 151 Å². The molecule has 1 aliphatic rings. The number of aromatic nitrogens is 2. The summed E-state index contributed by atoms with van der Waals surface area (Å²) in [5.74, 6) is 0.0697. The van der Waals surface area contributed by atoms with Crippen molar-refractivity contribution in [1.29, 1.82) is 0 Å². The van der Waals surface area contributed by atoms with E-state index in [0.29, 0.717) is 32.0 Å². The minimum atomic E-state index is -1.20. The van der Waals surface area contributed by atoms with Crippen molar-refractivity contribution in [3.05, 3.63) is 42.5 Å². The number of hydrogen-bond acceptors (Lipinski definition) is 7. The maximum Gasteiger partial charge on any atom is 0.223 e. The summed E-state index contributed by atoms with van der Waals surface area (Å²) >= 11 is 0. The monoisotopic (exact) mass is 354 g/mol. The Morgan fingerprint density at radius 1 is 0.962 bits per heavy atom. The van der Waals surface area contributed by atoms with Crippen LogP contribution in [-0.2, 0) is 9.59 Å². The maximum absolute atomic E-state index is 11.9. The number of carboxylic acid groups (broad SMARTS) is 1. The topological polar surface area (TPSA) is 101 Å². The average Bonchev–Trinajstić information content (AvgIpc) is 2.68. The Bertz CT molecular complexity index is 743. The van der Waals surface area contributed by atoms with E-state index in [4.69, 9.17) is 0 Å². The molecule has 1 fully saturated rings. The SMILES string of the molecule is O=C([O-])CCC(=O)N1CCN(c2ccc(Nc3ccccc3)nn2)CC1. The zero-order valence-electron chi connectivity index (χ0n) is 14.3. The first kappa shape index (κ1) is 17.7. The van der Waals surface area contributed by atoms with Gasteiger partial charge in [0.2, 0.25) is 5.91 Å². The molecule has 1 amide bonds. The molecule has 2 aromatic rings. The summed E-state index contributed by atoms with van der Waals surface area (Å²) in [6.07, 6.45) is -0.248. The maximum atomic E-state index is 11.9. The van der Waals surface area contributed by atoms with Crippen molar-refractivity contribution in [2.75, 3.05) is 36.4 Å². The molecular weight excluding hydrogens is 334 g/mol. The Morgan fingerprint density at radius 2 is 1.69 bits per heavy atom. The molecule has 8 nitrogen and oxygen atoms in total. The van der Waals surface area contributed by atoms with E-state index < -0.39 is 5.97 Å². The van der Waals surface area contributed by atoms with Crippen molar-refractivity contribution in [2.45, 2.75) is 12.8 Å². The Morgan fingerprint density at radius 3 is 2.31 bits per heavy atom. The summed E-state index contributed by atoms with van der Waals surface area (Å²) < 4.78 is 0.